The van der Waals surface area contributed by atoms with Crippen molar-refractivity contribution in [2.75, 3.05) is 36.6 Å². The number of halogens is 1. The van der Waals surface area contributed by atoms with E-state index in [2.05, 4.69) is 20.3 Å². The third kappa shape index (κ3) is 6.58. The summed E-state index contributed by atoms with van der Waals surface area (Å²) in [5.41, 5.74) is 7.74. The van der Waals surface area contributed by atoms with Crippen LogP contribution in [0.2, 0.25) is 5.02 Å². The van der Waals surface area contributed by atoms with Crippen LogP contribution in [0.3, 0.4) is 0 Å². The molecule has 0 amide bonds. The average molecular weight is 599 g/mol. The molecule has 1 aromatic heterocycles. The quantitative estimate of drug-likeness (QED) is 0.250. The molecule has 0 aliphatic rings. The Morgan fingerprint density at radius 2 is 1.73 bits per heavy atom. The van der Waals surface area contributed by atoms with Crippen molar-refractivity contribution in [1.29, 1.82) is 0 Å². The number of carbonyl (C=O) groups excluding carboxylic acids is 1. The Morgan fingerprint density at radius 3 is 2.44 bits per heavy atom. The number of hydrogen-bond acceptors (Lipinski definition) is 11. The Morgan fingerprint density at radius 1 is 1.00 bits per heavy atom. The first-order valence-corrected chi connectivity index (χ1v) is 13.9. The van der Waals surface area contributed by atoms with E-state index < -0.39 is 16.0 Å². The number of nitrogens with one attached hydrogen (secondary N) is 1. The first-order chi connectivity index (χ1) is 19.5. The lowest BCUT2D eigenvalue weighted by Crippen LogP contribution is -2.27. The lowest BCUT2D eigenvalue weighted by molar-refractivity contribution is 0.0462. The van der Waals surface area contributed by atoms with E-state index in [1.165, 1.54) is 57.7 Å². The molecule has 1 heterocycles. The van der Waals surface area contributed by atoms with Gasteiger partial charge in [-0.2, -0.15) is 15.0 Å². The second-order valence-corrected chi connectivity index (χ2v) is 11.0. The Bertz CT molecular complexity index is 1700. The Balaban J connectivity index is 1.52. The highest BCUT2D eigenvalue weighted by Crippen LogP contribution is 2.39. The standard InChI is InChI=1S/C27H27ClN6O6S/c1-16-8-5-6-11-20(16)30-27-32-24(31-26(29)33-27)15-40-25(35)17-9-7-10-18(12-17)41(36,37)34(2)21-13-19(28)22(38-3)14-23(21)39-4/h5-14H,15H2,1-4H3,(H3,29,30,31,32,33). The third-order valence-electron chi connectivity index (χ3n) is 5.94. The summed E-state index contributed by atoms with van der Waals surface area (Å²) in [4.78, 5) is 25.1. The van der Waals surface area contributed by atoms with Crippen LogP contribution in [0, 0.1) is 6.92 Å². The van der Waals surface area contributed by atoms with Gasteiger partial charge in [0.05, 0.1) is 35.4 Å². The normalized spacial score (nSPS) is 11.0. The summed E-state index contributed by atoms with van der Waals surface area (Å²) in [6.45, 7) is 1.59. The molecule has 214 valence electrons. The highest BCUT2D eigenvalue weighted by atomic mass is 35.5. The predicted octanol–water partition coefficient (Wildman–Crippen LogP) is 4.36. The summed E-state index contributed by atoms with van der Waals surface area (Å²) in [6, 6.07) is 15.9. The largest absolute Gasteiger partial charge is 0.495 e. The maximum atomic E-state index is 13.5. The van der Waals surface area contributed by atoms with Crippen LogP contribution in [-0.2, 0) is 21.4 Å². The van der Waals surface area contributed by atoms with E-state index in [1.54, 1.807) is 0 Å². The minimum Gasteiger partial charge on any atom is -0.495 e. The zero-order valence-electron chi connectivity index (χ0n) is 22.6. The maximum absolute atomic E-state index is 13.5. The molecule has 12 nitrogen and oxygen atoms in total. The van der Waals surface area contributed by atoms with Gasteiger partial charge in [-0.05, 0) is 42.8 Å². The molecule has 0 atom stereocenters. The van der Waals surface area contributed by atoms with Gasteiger partial charge in [-0.25, -0.2) is 13.2 Å². The molecule has 0 aliphatic carbocycles. The van der Waals surface area contributed by atoms with Gasteiger partial charge < -0.3 is 25.3 Å². The molecule has 0 unspecified atom stereocenters. The number of hydrogen-bond donors (Lipinski definition) is 2. The van der Waals surface area contributed by atoms with Gasteiger partial charge in [-0.15, -0.1) is 0 Å². The van der Waals surface area contributed by atoms with Crippen LogP contribution in [-0.4, -0.2) is 50.6 Å². The zero-order valence-corrected chi connectivity index (χ0v) is 24.2. The summed E-state index contributed by atoms with van der Waals surface area (Å²) in [5.74, 6) is -0.0203. The number of carbonyl (C=O) groups is 1. The van der Waals surface area contributed by atoms with Crippen molar-refractivity contribution in [3.63, 3.8) is 0 Å². The third-order valence-corrected chi connectivity index (χ3v) is 8.01. The van der Waals surface area contributed by atoms with Crippen molar-refractivity contribution < 1.29 is 27.4 Å². The van der Waals surface area contributed by atoms with Crippen molar-refractivity contribution in [3.8, 4) is 11.5 Å². The van der Waals surface area contributed by atoms with Crippen LogP contribution in [0.4, 0.5) is 23.3 Å². The van der Waals surface area contributed by atoms with Crippen LogP contribution in [0.1, 0.15) is 21.7 Å². The fourth-order valence-corrected chi connectivity index (χ4v) is 5.25. The van der Waals surface area contributed by atoms with Crippen molar-refractivity contribution in [2.45, 2.75) is 18.4 Å². The average Bonchev–Trinajstić information content (AvgIpc) is 2.96. The van der Waals surface area contributed by atoms with E-state index in [-0.39, 0.29) is 51.2 Å². The lowest BCUT2D eigenvalue weighted by atomic mass is 10.2. The zero-order chi connectivity index (χ0) is 29.7. The number of nitrogens with zero attached hydrogens (tertiary/aromatic N) is 4. The molecule has 0 bridgehead atoms. The smallest absolute Gasteiger partial charge is 0.338 e. The van der Waals surface area contributed by atoms with Gasteiger partial charge >= 0.3 is 5.97 Å². The molecule has 0 spiro atoms. The van der Waals surface area contributed by atoms with Gasteiger partial charge in [0.2, 0.25) is 11.9 Å². The first kappa shape index (κ1) is 29.4. The highest BCUT2D eigenvalue weighted by molar-refractivity contribution is 7.92. The molecule has 0 saturated heterocycles. The van der Waals surface area contributed by atoms with Crippen LogP contribution < -0.4 is 24.8 Å². The number of anilines is 4. The highest BCUT2D eigenvalue weighted by Gasteiger charge is 2.26. The van der Waals surface area contributed by atoms with Crippen molar-refractivity contribution in [1.82, 2.24) is 15.0 Å². The Hall–Kier alpha value is -4.62. The summed E-state index contributed by atoms with van der Waals surface area (Å²) in [6.07, 6.45) is 0. The molecule has 3 aromatic carbocycles. The lowest BCUT2D eigenvalue weighted by Gasteiger charge is -2.23. The van der Waals surface area contributed by atoms with Gasteiger partial charge in [0.1, 0.15) is 11.5 Å². The second-order valence-electron chi connectivity index (χ2n) is 8.61. The minimum atomic E-state index is -4.14. The van der Waals surface area contributed by atoms with E-state index in [4.69, 9.17) is 31.5 Å². The summed E-state index contributed by atoms with van der Waals surface area (Å²) in [7, 11) is 0.0287. The van der Waals surface area contributed by atoms with E-state index >= 15 is 0 Å². The number of rotatable bonds is 10. The van der Waals surface area contributed by atoms with Gasteiger partial charge in [0, 0.05) is 18.8 Å². The molecule has 4 aromatic rings. The first-order valence-electron chi connectivity index (χ1n) is 12.0. The van der Waals surface area contributed by atoms with Crippen molar-refractivity contribution >= 4 is 50.9 Å². The molecule has 0 saturated carbocycles. The molecule has 0 fully saturated rings. The number of aryl methyl sites for hydroxylation is 1. The Labute approximate surface area is 242 Å². The fraction of sp³-hybridized carbons (Fsp3) is 0.185. The molecule has 0 radical (unpaired) electrons. The van der Waals surface area contributed by atoms with Crippen LogP contribution in [0.25, 0.3) is 0 Å². The summed E-state index contributed by atoms with van der Waals surface area (Å²) < 4.78 is 43.8. The fourth-order valence-electron chi connectivity index (χ4n) is 3.77. The van der Waals surface area contributed by atoms with E-state index in [0.717, 1.165) is 15.6 Å². The monoisotopic (exact) mass is 598 g/mol. The number of para-hydroxylation sites is 1. The minimum absolute atomic E-state index is 0.000472. The van der Waals surface area contributed by atoms with Gasteiger partial charge in [0.25, 0.3) is 10.0 Å². The molecule has 3 N–H and O–H groups in total. The topological polar surface area (TPSA) is 159 Å². The van der Waals surface area contributed by atoms with E-state index in [1.807, 2.05) is 31.2 Å². The van der Waals surface area contributed by atoms with Crippen LogP contribution in [0.15, 0.2) is 65.6 Å². The number of nitrogen functional groups attached to an aromatic ring is 1. The number of ether oxygens (including phenoxy) is 3. The molecule has 0 aliphatic heterocycles. The number of aromatic nitrogens is 3. The SMILES string of the molecule is COc1cc(OC)c(N(C)S(=O)(=O)c2cccc(C(=O)OCc3nc(N)nc(Nc4ccccc4C)n3)c2)cc1Cl. The van der Waals surface area contributed by atoms with Gasteiger partial charge in [0.15, 0.2) is 12.4 Å². The van der Waals surface area contributed by atoms with E-state index in [9.17, 15) is 13.2 Å². The summed E-state index contributed by atoms with van der Waals surface area (Å²) in [5, 5.41) is 3.25. The number of sulfonamides is 1. The summed E-state index contributed by atoms with van der Waals surface area (Å²) >= 11 is 6.23. The predicted molar refractivity (Wildman–Crippen MR) is 154 cm³/mol. The number of benzene rings is 3. The van der Waals surface area contributed by atoms with Crippen molar-refractivity contribution in [2.24, 2.45) is 0 Å². The number of methoxy groups -OCH3 is 2. The number of nitrogens with two attached hydrogens (primary N) is 1. The molecular weight excluding hydrogens is 572 g/mol. The molecular formula is C27H27ClN6O6S. The van der Waals surface area contributed by atoms with Crippen molar-refractivity contribution in [3.05, 3.63) is 82.6 Å². The van der Waals surface area contributed by atoms with Crippen LogP contribution >= 0.6 is 11.6 Å². The molecule has 14 heteroatoms. The van der Waals surface area contributed by atoms with E-state index in [0.29, 0.717) is 5.75 Å². The second kappa shape index (κ2) is 12.3. The Kier molecular flexibility index (Phi) is 8.79. The maximum Gasteiger partial charge on any atom is 0.338 e. The number of esters is 1. The molecule has 41 heavy (non-hydrogen) atoms. The molecule has 4 rings (SSSR count). The van der Waals surface area contributed by atoms with Gasteiger partial charge in [-0.1, -0.05) is 35.9 Å². The van der Waals surface area contributed by atoms with Gasteiger partial charge in [-0.3, -0.25) is 4.31 Å². The van der Waals surface area contributed by atoms with Crippen LogP contribution in [0.5, 0.6) is 11.5 Å².